The van der Waals surface area contributed by atoms with Gasteiger partial charge in [0, 0.05) is 12.1 Å². The lowest BCUT2D eigenvalue weighted by molar-refractivity contribution is -0.150. The summed E-state index contributed by atoms with van der Waals surface area (Å²) in [5, 5.41) is 6.65. The number of amides is 3. The van der Waals surface area contributed by atoms with E-state index in [1.54, 1.807) is 12.1 Å². The summed E-state index contributed by atoms with van der Waals surface area (Å²) in [6.07, 6.45) is 0.559. The molecule has 0 atom stereocenters. The molecule has 30 heavy (non-hydrogen) atoms. The van der Waals surface area contributed by atoms with Crippen molar-refractivity contribution < 1.29 is 18.8 Å². The Balaban J connectivity index is 1.41. The van der Waals surface area contributed by atoms with Gasteiger partial charge in [-0.2, -0.15) is 5.10 Å². The van der Waals surface area contributed by atoms with Gasteiger partial charge < -0.3 is 4.90 Å². The van der Waals surface area contributed by atoms with E-state index in [-0.39, 0.29) is 25.3 Å². The number of aromatic amines is 1. The van der Waals surface area contributed by atoms with Gasteiger partial charge in [0.1, 0.15) is 24.6 Å². The zero-order valence-electron chi connectivity index (χ0n) is 16.0. The maximum Gasteiger partial charge on any atom is 0.272 e. The summed E-state index contributed by atoms with van der Waals surface area (Å²) in [5.74, 6) is -1.75. The van der Waals surface area contributed by atoms with Gasteiger partial charge in [-0.05, 0) is 30.2 Å². The summed E-state index contributed by atoms with van der Waals surface area (Å²) in [6.45, 7) is -0.0984. The third kappa shape index (κ3) is 4.12. The van der Waals surface area contributed by atoms with Crippen molar-refractivity contribution in [1.29, 1.82) is 0 Å². The molecule has 0 aliphatic carbocycles. The van der Waals surface area contributed by atoms with Gasteiger partial charge in [-0.1, -0.05) is 42.5 Å². The fraction of sp³-hybridized carbons (Fsp3) is 0.182. The second-order valence-corrected chi connectivity index (χ2v) is 7.01. The van der Waals surface area contributed by atoms with E-state index in [9.17, 15) is 18.8 Å². The molecule has 0 spiro atoms. The number of piperazine rings is 1. The molecule has 4 rings (SSSR count). The molecule has 0 saturated carbocycles. The van der Waals surface area contributed by atoms with Crippen molar-refractivity contribution in [1.82, 2.24) is 20.0 Å². The number of nitrogens with one attached hydrogen (secondary N) is 1. The lowest BCUT2D eigenvalue weighted by Crippen LogP contribution is -2.56. The smallest absolute Gasteiger partial charge is 0.272 e. The fourth-order valence-corrected chi connectivity index (χ4v) is 3.37. The largest absolute Gasteiger partial charge is 0.319 e. The summed E-state index contributed by atoms with van der Waals surface area (Å²) in [4.78, 5) is 40.1. The minimum absolute atomic E-state index is 0.132. The van der Waals surface area contributed by atoms with Crippen molar-refractivity contribution in [2.45, 2.75) is 6.42 Å². The van der Waals surface area contributed by atoms with Gasteiger partial charge >= 0.3 is 0 Å². The number of rotatable bonds is 5. The van der Waals surface area contributed by atoms with E-state index in [0.717, 1.165) is 5.56 Å². The number of nitrogens with zero attached hydrogens (tertiary/aromatic N) is 3. The third-order valence-corrected chi connectivity index (χ3v) is 4.94. The van der Waals surface area contributed by atoms with Crippen molar-refractivity contribution in [3.63, 3.8) is 0 Å². The van der Waals surface area contributed by atoms with Crippen molar-refractivity contribution in [3.05, 3.63) is 77.7 Å². The lowest BCUT2D eigenvalue weighted by atomic mass is 10.1. The van der Waals surface area contributed by atoms with Crippen LogP contribution in [0, 0.1) is 5.82 Å². The minimum atomic E-state index is -0.505. The van der Waals surface area contributed by atoms with Gasteiger partial charge in [0.05, 0.1) is 5.69 Å². The number of hydrogen-bond donors (Lipinski definition) is 1. The van der Waals surface area contributed by atoms with Crippen LogP contribution in [-0.2, 0) is 16.0 Å². The predicted octanol–water partition coefficient (Wildman–Crippen LogP) is 2.27. The molecule has 7 nitrogen and oxygen atoms in total. The van der Waals surface area contributed by atoms with Crippen LogP contribution in [0.2, 0.25) is 0 Å². The van der Waals surface area contributed by atoms with Crippen LogP contribution in [0.4, 0.5) is 4.39 Å². The highest BCUT2D eigenvalue weighted by molar-refractivity contribution is 6.05. The summed E-state index contributed by atoms with van der Waals surface area (Å²) in [6, 6.07) is 16.9. The highest BCUT2D eigenvalue weighted by atomic mass is 19.1. The van der Waals surface area contributed by atoms with Gasteiger partial charge in [0.15, 0.2) is 0 Å². The lowest BCUT2D eigenvalue weighted by Gasteiger charge is -2.32. The molecule has 0 radical (unpaired) electrons. The number of hydrogen-bond acceptors (Lipinski definition) is 4. The van der Waals surface area contributed by atoms with E-state index in [2.05, 4.69) is 10.2 Å². The molecule has 0 bridgehead atoms. The zero-order chi connectivity index (χ0) is 21.1. The van der Waals surface area contributed by atoms with Crippen LogP contribution >= 0.6 is 0 Å². The van der Waals surface area contributed by atoms with Crippen LogP contribution in [0.15, 0.2) is 60.7 Å². The van der Waals surface area contributed by atoms with E-state index in [0.29, 0.717) is 17.7 Å². The molecule has 1 fully saturated rings. The standard InChI is InChI=1S/C22H19FN4O3/c23-17-8-4-7-16(11-17)18-12-19(25-24-18)22(30)26-13-20(28)27(21(29)14-26)10-9-15-5-2-1-3-6-15/h1-8,11-12H,9-10,13-14H2,(H,24,25). The predicted molar refractivity (Wildman–Crippen MR) is 107 cm³/mol. The number of aromatic nitrogens is 2. The normalized spacial score (nSPS) is 14.3. The quantitative estimate of drug-likeness (QED) is 0.659. The first kappa shape index (κ1) is 19.5. The molecule has 3 amide bonds. The maximum atomic E-state index is 13.4. The molecule has 152 valence electrons. The van der Waals surface area contributed by atoms with Crippen molar-refractivity contribution in [2.24, 2.45) is 0 Å². The van der Waals surface area contributed by atoms with Gasteiger partial charge in [0.25, 0.3) is 5.91 Å². The Kier molecular flexibility index (Phi) is 5.38. The average molecular weight is 406 g/mol. The monoisotopic (exact) mass is 406 g/mol. The van der Waals surface area contributed by atoms with Gasteiger partial charge in [-0.15, -0.1) is 0 Å². The summed E-state index contributed by atoms with van der Waals surface area (Å²) in [5.41, 5.74) is 2.08. The average Bonchev–Trinajstić information content (AvgIpc) is 3.23. The number of carbonyl (C=O) groups excluding carboxylic acids is 3. The first-order valence-corrected chi connectivity index (χ1v) is 9.49. The summed E-state index contributed by atoms with van der Waals surface area (Å²) >= 11 is 0. The Bertz CT molecular complexity index is 1080. The Morgan fingerprint density at radius 2 is 1.73 bits per heavy atom. The van der Waals surface area contributed by atoms with E-state index >= 15 is 0 Å². The number of halogens is 1. The maximum absolute atomic E-state index is 13.4. The number of imide groups is 1. The summed E-state index contributed by atoms with van der Waals surface area (Å²) < 4.78 is 13.4. The molecule has 1 aromatic heterocycles. The number of H-pyrrole nitrogens is 1. The van der Waals surface area contributed by atoms with E-state index < -0.39 is 23.5 Å². The number of carbonyl (C=O) groups is 3. The van der Waals surface area contributed by atoms with Crippen LogP contribution < -0.4 is 0 Å². The highest BCUT2D eigenvalue weighted by Gasteiger charge is 2.34. The SMILES string of the molecule is O=C(c1cc(-c2cccc(F)c2)n[nH]1)N1CC(=O)N(CCc2ccccc2)C(=O)C1. The van der Waals surface area contributed by atoms with Crippen LogP contribution in [0.3, 0.4) is 0 Å². The Labute approximate surface area is 172 Å². The van der Waals surface area contributed by atoms with Crippen LogP contribution in [0.25, 0.3) is 11.3 Å². The number of benzene rings is 2. The molecule has 1 aliphatic heterocycles. The van der Waals surface area contributed by atoms with Gasteiger partial charge in [0.2, 0.25) is 11.8 Å². The molecule has 1 N–H and O–H groups in total. The van der Waals surface area contributed by atoms with Crippen LogP contribution in [-0.4, -0.2) is 57.4 Å². The van der Waals surface area contributed by atoms with Crippen LogP contribution in [0.5, 0.6) is 0 Å². The van der Waals surface area contributed by atoms with Crippen molar-refractivity contribution in [3.8, 4) is 11.3 Å². The Morgan fingerprint density at radius 1 is 1.00 bits per heavy atom. The second-order valence-electron chi connectivity index (χ2n) is 7.01. The first-order chi connectivity index (χ1) is 14.5. The van der Waals surface area contributed by atoms with Gasteiger partial charge in [-0.3, -0.25) is 24.4 Å². The zero-order valence-corrected chi connectivity index (χ0v) is 16.0. The first-order valence-electron chi connectivity index (χ1n) is 9.49. The van der Waals surface area contributed by atoms with Crippen molar-refractivity contribution in [2.75, 3.05) is 19.6 Å². The second kappa shape index (κ2) is 8.28. The van der Waals surface area contributed by atoms with Crippen molar-refractivity contribution >= 4 is 17.7 Å². The Hall–Kier alpha value is -3.81. The highest BCUT2D eigenvalue weighted by Crippen LogP contribution is 2.20. The van der Waals surface area contributed by atoms with Crippen LogP contribution in [0.1, 0.15) is 16.1 Å². The molecule has 8 heteroatoms. The molecular formula is C22H19FN4O3. The van der Waals surface area contributed by atoms with Gasteiger partial charge in [-0.25, -0.2) is 4.39 Å². The molecule has 3 aromatic rings. The molecule has 2 heterocycles. The van der Waals surface area contributed by atoms with E-state index in [1.165, 1.54) is 28.0 Å². The molecular weight excluding hydrogens is 387 g/mol. The molecule has 1 aliphatic rings. The van der Waals surface area contributed by atoms with E-state index in [4.69, 9.17) is 0 Å². The minimum Gasteiger partial charge on any atom is -0.319 e. The Morgan fingerprint density at radius 3 is 2.43 bits per heavy atom. The molecule has 1 saturated heterocycles. The topological polar surface area (TPSA) is 86.4 Å². The van der Waals surface area contributed by atoms with E-state index in [1.807, 2.05) is 30.3 Å². The molecule has 0 unspecified atom stereocenters. The summed E-state index contributed by atoms with van der Waals surface area (Å²) in [7, 11) is 0. The fourth-order valence-electron chi connectivity index (χ4n) is 3.37. The third-order valence-electron chi connectivity index (χ3n) is 4.94. The molecule has 2 aromatic carbocycles.